The van der Waals surface area contributed by atoms with Gasteiger partial charge in [-0.15, -0.1) is 0 Å². The molecule has 0 aromatic carbocycles. The summed E-state index contributed by atoms with van der Waals surface area (Å²) in [5.74, 6) is 0.349. The van der Waals surface area contributed by atoms with Gasteiger partial charge in [0.2, 0.25) is 0 Å². The fourth-order valence-corrected chi connectivity index (χ4v) is 3.18. The van der Waals surface area contributed by atoms with Crippen molar-refractivity contribution < 1.29 is 14.3 Å². The molecule has 0 saturated carbocycles. The largest absolute Gasteiger partial charge is 0.375 e. The minimum atomic E-state index is -0.199. The summed E-state index contributed by atoms with van der Waals surface area (Å²) >= 11 is 0. The Morgan fingerprint density at radius 1 is 1.50 bits per heavy atom. The molecule has 0 bridgehead atoms. The maximum Gasteiger partial charge on any atom is 0.319 e. The average molecular weight is 305 g/mol. The number of carbonyl (C=O) groups excluding carboxylic acids is 1. The van der Waals surface area contributed by atoms with Gasteiger partial charge >= 0.3 is 6.03 Å². The molecule has 6 nitrogen and oxygen atoms in total. The van der Waals surface area contributed by atoms with Gasteiger partial charge in [-0.25, -0.2) is 4.79 Å². The molecule has 6 heteroatoms. The highest BCUT2D eigenvalue weighted by atomic mass is 16.5. The van der Waals surface area contributed by atoms with Crippen molar-refractivity contribution in [2.75, 3.05) is 40.4 Å². The van der Waals surface area contributed by atoms with Crippen LogP contribution >= 0.6 is 0 Å². The van der Waals surface area contributed by atoms with E-state index in [0.717, 1.165) is 18.7 Å². The second kappa shape index (κ2) is 6.22. The fraction of sp³-hybridized carbons (Fsp3) is 0.625. The Morgan fingerprint density at radius 3 is 3.00 bits per heavy atom. The van der Waals surface area contributed by atoms with Crippen LogP contribution in [0.4, 0.5) is 4.79 Å². The molecule has 0 aliphatic carbocycles. The molecule has 2 aliphatic rings. The first-order valence-corrected chi connectivity index (χ1v) is 7.68. The van der Waals surface area contributed by atoms with Gasteiger partial charge in [0.25, 0.3) is 0 Å². The van der Waals surface area contributed by atoms with Crippen molar-refractivity contribution in [1.29, 1.82) is 0 Å². The molecular weight excluding hydrogens is 282 g/mol. The van der Waals surface area contributed by atoms with Gasteiger partial charge in [-0.1, -0.05) is 6.07 Å². The van der Waals surface area contributed by atoms with Crippen LogP contribution in [0.3, 0.4) is 0 Å². The quantitative estimate of drug-likeness (QED) is 0.843. The van der Waals surface area contributed by atoms with E-state index >= 15 is 0 Å². The van der Waals surface area contributed by atoms with Gasteiger partial charge in [0.15, 0.2) is 0 Å². The molecule has 0 radical (unpaired) electrons. The number of ether oxygens (including phenoxy) is 2. The minimum absolute atomic E-state index is 0.0503. The SMILES string of the molecule is CN(C)C(=O)N1CC2(C1)OCCC2COCc1ccccn1. The highest BCUT2D eigenvalue weighted by Crippen LogP contribution is 2.40. The predicted molar refractivity (Wildman–Crippen MR) is 81.3 cm³/mol. The van der Waals surface area contributed by atoms with E-state index in [2.05, 4.69) is 4.98 Å². The highest BCUT2D eigenvalue weighted by Gasteiger charge is 2.54. The molecule has 22 heavy (non-hydrogen) atoms. The van der Waals surface area contributed by atoms with Crippen LogP contribution in [0.1, 0.15) is 12.1 Å². The molecule has 1 aromatic heterocycles. The van der Waals surface area contributed by atoms with Crippen LogP contribution in [-0.2, 0) is 16.1 Å². The van der Waals surface area contributed by atoms with Crippen molar-refractivity contribution >= 4 is 6.03 Å². The fourth-order valence-electron chi connectivity index (χ4n) is 3.18. The topological polar surface area (TPSA) is 54.9 Å². The zero-order valence-electron chi connectivity index (χ0n) is 13.2. The molecule has 3 heterocycles. The third-order valence-electron chi connectivity index (χ3n) is 4.47. The smallest absolute Gasteiger partial charge is 0.319 e. The second-order valence-corrected chi connectivity index (χ2v) is 6.27. The Hall–Kier alpha value is -1.66. The van der Waals surface area contributed by atoms with E-state index in [-0.39, 0.29) is 11.6 Å². The van der Waals surface area contributed by atoms with E-state index in [4.69, 9.17) is 9.47 Å². The van der Waals surface area contributed by atoms with Crippen LogP contribution in [0.2, 0.25) is 0 Å². The Labute approximate surface area is 131 Å². The van der Waals surface area contributed by atoms with Gasteiger partial charge in [-0.3, -0.25) is 4.98 Å². The number of carbonyl (C=O) groups is 1. The number of urea groups is 1. The first kappa shape index (κ1) is 15.2. The average Bonchev–Trinajstić information content (AvgIpc) is 2.90. The number of hydrogen-bond donors (Lipinski definition) is 0. The van der Waals surface area contributed by atoms with Crippen molar-refractivity contribution in [2.45, 2.75) is 18.6 Å². The Kier molecular flexibility index (Phi) is 4.31. The monoisotopic (exact) mass is 305 g/mol. The van der Waals surface area contributed by atoms with E-state index in [1.807, 2.05) is 23.1 Å². The lowest BCUT2D eigenvalue weighted by Crippen LogP contribution is -2.67. The number of hydrogen-bond acceptors (Lipinski definition) is 4. The minimum Gasteiger partial charge on any atom is -0.375 e. The zero-order valence-corrected chi connectivity index (χ0v) is 13.2. The van der Waals surface area contributed by atoms with E-state index in [0.29, 0.717) is 32.2 Å². The molecule has 1 spiro atoms. The molecular formula is C16H23N3O3. The molecule has 1 unspecified atom stereocenters. The van der Waals surface area contributed by atoms with Crippen LogP contribution in [-0.4, -0.2) is 66.8 Å². The maximum absolute atomic E-state index is 11.9. The summed E-state index contributed by atoms with van der Waals surface area (Å²) in [6.07, 6.45) is 2.77. The molecule has 2 aliphatic heterocycles. The first-order chi connectivity index (χ1) is 10.6. The number of aromatic nitrogens is 1. The Bertz CT molecular complexity index is 515. The van der Waals surface area contributed by atoms with Crippen LogP contribution < -0.4 is 0 Å². The summed E-state index contributed by atoms with van der Waals surface area (Å²) in [7, 11) is 3.55. The van der Waals surface area contributed by atoms with Crippen molar-refractivity contribution in [1.82, 2.24) is 14.8 Å². The van der Waals surface area contributed by atoms with E-state index < -0.39 is 0 Å². The third kappa shape index (κ3) is 2.94. The molecule has 0 N–H and O–H groups in total. The van der Waals surface area contributed by atoms with Crippen molar-refractivity contribution in [3.63, 3.8) is 0 Å². The van der Waals surface area contributed by atoms with Gasteiger partial charge in [0.05, 0.1) is 32.0 Å². The Balaban J connectivity index is 1.49. The molecule has 3 rings (SSSR count). The van der Waals surface area contributed by atoms with Crippen LogP contribution in [0.15, 0.2) is 24.4 Å². The zero-order chi connectivity index (χ0) is 15.6. The maximum atomic E-state index is 11.9. The van der Waals surface area contributed by atoms with Crippen LogP contribution in [0, 0.1) is 5.92 Å². The van der Waals surface area contributed by atoms with Crippen molar-refractivity contribution in [2.24, 2.45) is 5.92 Å². The van der Waals surface area contributed by atoms with Crippen LogP contribution in [0.25, 0.3) is 0 Å². The van der Waals surface area contributed by atoms with E-state index in [1.165, 1.54) is 0 Å². The summed E-state index contributed by atoms with van der Waals surface area (Å²) in [6.45, 7) is 3.26. The molecule has 120 valence electrons. The van der Waals surface area contributed by atoms with E-state index in [9.17, 15) is 4.79 Å². The normalized spacial score (nSPS) is 22.6. The third-order valence-corrected chi connectivity index (χ3v) is 4.47. The lowest BCUT2D eigenvalue weighted by molar-refractivity contribution is -0.129. The number of rotatable bonds is 4. The summed E-state index contributed by atoms with van der Waals surface area (Å²) in [4.78, 5) is 19.6. The Morgan fingerprint density at radius 2 is 2.32 bits per heavy atom. The van der Waals surface area contributed by atoms with Gasteiger partial charge < -0.3 is 19.3 Å². The molecule has 1 aromatic rings. The number of pyridine rings is 1. The van der Waals surface area contributed by atoms with Gasteiger partial charge in [0, 0.05) is 32.8 Å². The molecule has 2 fully saturated rings. The standard InChI is InChI=1S/C16H23N3O3/c1-18(2)15(20)19-11-16(12-19)13(6-8-22-16)9-21-10-14-5-3-4-7-17-14/h3-5,7,13H,6,8-12H2,1-2H3. The predicted octanol–water partition coefficient (Wildman–Crippen LogP) is 1.37. The lowest BCUT2D eigenvalue weighted by atomic mass is 9.81. The summed E-state index contributed by atoms with van der Waals surface area (Å²) in [6, 6.07) is 5.87. The lowest BCUT2D eigenvalue weighted by Gasteiger charge is -2.50. The van der Waals surface area contributed by atoms with Crippen molar-refractivity contribution in [3.05, 3.63) is 30.1 Å². The van der Waals surface area contributed by atoms with Gasteiger partial charge in [0.1, 0.15) is 5.60 Å². The molecule has 2 amide bonds. The summed E-state index contributed by atoms with van der Waals surface area (Å²) in [5, 5.41) is 0. The van der Waals surface area contributed by atoms with Crippen LogP contribution in [0.5, 0.6) is 0 Å². The van der Waals surface area contributed by atoms with Gasteiger partial charge in [-0.05, 0) is 18.6 Å². The number of amides is 2. The molecule has 2 saturated heterocycles. The van der Waals surface area contributed by atoms with E-state index in [1.54, 1.807) is 25.2 Å². The first-order valence-electron chi connectivity index (χ1n) is 7.68. The highest BCUT2D eigenvalue weighted by molar-refractivity contribution is 5.75. The summed E-state index contributed by atoms with van der Waals surface area (Å²) < 4.78 is 11.8. The van der Waals surface area contributed by atoms with Crippen molar-refractivity contribution in [3.8, 4) is 0 Å². The van der Waals surface area contributed by atoms with Gasteiger partial charge in [-0.2, -0.15) is 0 Å². The number of nitrogens with zero attached hydrogens (tertiary/aromatic N) is 3. The number of likely N-dealkylation sites (tertiary alicyclic amines) is 1. The second-order valence-electron chi connectivity index (χ2n) is 6.27. The summed E-state index contributed by atoms with van der Waals surface area (Å²) in [5.41, 5.74) is 0.740. The molecule has 1 atom stereocenters.